The standard InChI is InChI=1S/C28H31N2O3P.2C26H31N2O3P/c1-4-33-28(31)27(21-24-17-15-22(2)16-18-24)23(3)34(32)29(25-11-7-5-8-12-25)19-20-30(34)26-13-9-6-10-14-26;2*1-19(2)23-14-15-24(29)26(23)25(30)18-20(3)32(31)27(21-10-6-4-7-11-21)16-17-28(32)22-12-8-5-9-13-22/h5-18,27H,3-4,19-21H2,1-2H3;2*4-13,19,23,26H,3,14-18H2,1-2H3/t;23-,26?;/m.1./s1. The molecule has 0 spiro atoms. The van der Waals surface area contributed by atoms with Crippen LogP contribution in [0.15, 0.2) is 242 Å². The fourth-order valence-electron chi connectivity index (χ4n) is 14.7. The Hall–Kier alpha value is -8.60. The second-order valence-electron chi connectivity index (χ2n) is 26.6. The molecule has 5 fully saturated rings. The lowest BCUT2D eigenvalue weighted by molar-refractivity contribution is -0.146. The summed E-state index contributed by atoms with van der Waals surface area (Å²) in [6.45, 7) is 28.4. The summed E-state index contributed by atoms with van der Waals surface area (Å²) in [5.41, 5.74) is 7.21. The fourth-order valence-corrected chi connectivity index (χ4v) is 23.6. The van der Waals surface area contributed by atoms with Gasteiger partial charge in [-0.05, 0) is 135 Å². The van der Waals surface area contributed by atoms with Gasteiger partial charge in [0.15, 0.2) is 0 Å². The summed E-state index contributed by atoms with van der Waals surface area (Å²) in [7, 11) is -10.1. The number of rotatable bonds is 22. The highest BCUT2D eigenvalue weighted by Crippen LogP contribution is 2.69. The molecule has 5 aliphatic rings. The normalized spacial score (nSPS) is 20.2. The lowest BCUT2D eigenvalue weighted by Gasteiger charge is -2.36. The SMILES string of the molecule is C=C(C(Cc1ccc(C)cc1)C(=O)OCC)P1(=O)N(c2ccccc2)CCN1c1ccccc1.C=C(CC(=O)C1C(=O)CCC1C(C)C)P1(=O)N(c2ccccc2)CCN1c1ccccc1.C=C(CC(=O)C1C(=O)CC[C@@H]1C(C)C)P1(=O)N(c2ccccc2)CCN1c1ccccc1. The molecule has 0 radical (unpaired) electrons. The molecule has 0 amide bonds. The number of carbonyl (C=O) groups is 5. The van der Waals surface area contributed by atoms with Crippen molar-refractivity contribution in [2.24, 2.45) is 41.4 Å². The Balaban J connectivity index is 0.000000159. The maximum Gasteiger partial charge on any atom is 0.314 e. The van der Waals surface area contributed by atoms with Gasteiger partial charge < -0.3 is 32.8 Å². The highest BCUT2D eigenvalue weighted by molar-refractivity contribution is 7.72. The third kappa shape index (κ3) is 15.2. The average Bonchev–Trinajstić information content (AvgIpc) is 1.56. The first-order valence-electron chi connectivity index (χ1n) is 34.3. The van der Waals surface area contributed by atoms with E-state index in [-0.39, 0.29) is 66.3 Å². The number of Topliss-reactive ketones (excluding diaryl/α,β-unsaturated/α-hetero) is 4. The number of anilines is 6. The molecule has 3 heterocycles. The van der Waals surface area contributed by atoms with Crippen LogP contribution in [0.4, 0.5) is 34.1 Å². The molecule has 4 unspecified atom stereocenters. The maximum absolute atomic E-state index is 15.1. The molecule has 98 heavy (non-hydrogen) atoms. The lowest BCUT2D eigenvalue weighted by atomic mass is 9.82. The van der Waals surface area contributed by atoms with E-state index >= 15 is 4.57 Å². The van der Waals surface area contributed by atoms with Crippen LogP contribution < -0.4 is 28.0 Å². The van der Waals surface area contributed by atoms with Crippen molar-refractivity contribution in [1.29, 1.82) is 0 Å². The molecule has 0 aromatic heterocycles. The Labute approximate surface area is 579 Å². The first-order chi connectivity index (χ1) is 47.1. The molecule has 12 rings (SSSR count). The third-order valence-electron chi connectivity index (χ3n) is 19.8. The maximum atomic E-state index is 15.1. The molecule has 512 valence electrons. The van der Waals surface area contributed by atoms with E-state index in [0.717, 1.165) is 58.1 Å². The molecule has 2 saturated carbocycles. The predicted octanol–water partition coefficient (Wildman–Crippen LogP) is 18.3. The molecular weight excluding hydrogens is 1280 g/mol. The van der Waals surface area contributed by atoms with Gasteiger partial charge in [-0.25, -0.2) is 0 Å². The van der Waals surface area contributed by atoms with Gasteiger partial charge in [0.25, 0.3) is 22.3 Å². The summed E-state index contributed by atoms with van der Waals surface area (Å²) in [5.74, 6) is -1.94. The van der Waals surface area contributed by atoms with Gasteiger partial charge in [-0.3, -0.25) is 37.7 Å². The van der Waals surface area contributed by atoms with Gasteiger partial charge in [0.05, 0.1) is 24.4 Å². The van der Waals surface area contributed by atoms with Crippen molar-refractivity contribution >= 4 is 85.6 Å². The minimum Gasteiger partial charge on any atom is -0.466 e. The van der Waals surface area contributed by atoms with Crippen molar-refractivity contribution in [3.8, 4) is 0 Å². The van der Waals surface area contributed by atoms with Gasteiger partial charge >= 0.3 is 5.97 Å². The summed E-state index contributed by atoms with van der Waals surface area (Å²) >= 11 is 0. The zero-order valence-electron chi connectivity index (χ0n) is 57.4. The number of allylic oxidation sites excluding steroid dienone is 2. The molecule has 3 aliphatic heterocycles. The monoisotopic (exact) mass is 1370 g/mol. The largest absolute Gasteiger partial charge is 0.466 e. The zero-order valence-corrected chi connectivity index (χ0v) is 60.1. The fraction of sp³-hybridized carbons (Fsp3) is 0.338. The number of ether oxygens (including phenoxy) is 1. The van der Waals surface area contributed by atoms with Crippen LogP contribution in [0.1, 0.15) is 84.3 Å². The quantitative estimate of drug-likeness (QED) is 0.0357. The van der Waals surface area contributed by atoms with Gasteiger partial charge in [0, 0.05) is 115 Å². The molecule has 0 bridgehead atoms. The lowest BCUT2D eigenvalue weighted by Crippen LogP contribution is -2.29. The highest BCUT2D eigenvalue weighted by Gasteiger charge is 2.52. The van der Waals surface area contributed by atoms with Gasteiger partial charge in [-0.1, -0.05) is 186 Å². The van der Waals surface area contributed by atoms with Gasteiger partial charge in [0.2, 0.25) is 0 Å². The van der Waals surface area contributed by atoms with Crippen molar-refractivity contribution in [2.75, 3.05) is 73.9 Å². The number of hydrogen-bond acceptors (Lipinski definition) is 9. The van der Waals surface area contributed by atoms with Crippen LogP contribution in [0.2, 0.25) is 0 Å². The number of aryl methyl sites for hydroxylation is 1. The van der Waals surface area contributed by atoms with E-state index in [4.69, 9.17) is 4.74 Å². The summed E-state index contributed by atoms with van der Waals surface area (Å²) in [6, 6.07) is 66.0. The van der Waals surface area contributed by atoms with Crippen LogP contribution in [-0.2, 0) is 48.8 Å². The van der Waals surface area contributed by atoms with E-state index < -0.39 is 46.1 Å². The van der Waals surface area contributed by atoms with Crippen LogP contribution in [0.5, 0.6) is 0 Å². The van der Waals surface area contributed by atoms with E-state index in [9.17, 15) is 33.1 Å². The molecular formula is C80H93N6O9P3. The second kappa shape index (κ2) is 31.9. The number of esters is 1. The zero-order chi connectivity index (χ0) is 69.9. The van der Waals surface area contributed by atoms with Gasteiger partial charge in [-0.2, -0.15) is 0 Å². The summed E-state index contributed by atoms with van der Waals surface area (Å²) < 4.78 is 61.5. The minimum atomic E-state index is -3.43. The first kappa shape index (κ1) is 72.2. The molecule has 2 aliphatic carbocycles. The molecule has 0 N–H and O–H groups in total. The highest BCUT2D eigenvalue weighted by atomic mass is 31.2. The summed E-state index contributed by atoms with van der Waals surface area (Å²) in [6.07, 6.45) is 2.72. The minimum absolute atomic E-state index is 0.0195. The Kier molecular flexibility index (Phi) is 23.5. The number of hydrogen-bond donors (Lipinski definition) is 0. The molecule has 7 aromatic carbocycles. The Bertz CT molecular complexity index is 3800. The molecule has 3 saturated heterocycles. The van der Waals surface area contributed by atoms with Crippen LogP contribution in [-0.4, -0.2) is 75.0 Å². The van der Waals surface area contributed by atoms with Gasteiger partial charge in [0.1, 0.15) is 23.1 Å². The topological polar surface area (TPSA) is 165 Å². The van der Waals surface area contributed by atoms with Crippen LogP contribution in [0, 0.1) is 48.3 Å². The Morgan fingerprint density at radius 2 is 0.714 bits per heavy atom. The van der Waals surface area contributed by atoms with Crippen molar-refractivity contribution in [2.45, 2.75) is 86.5 Å². The summed E-state index contributed by atoms with van der Waals surface area (Å²) in [4.78, 5) is 64.9. The van der Waals surface area contributed by atoms with Crippen molar-refractivity contribution < 1.29 is 42.4 Å². The smallest absolute Gasteiger partial charge is 0.314 e. The number of para-hydroxylation sites is 6. The molecule has 5 atom stereocenters. The van der Waals surface area contributed by atoms with E-state index in [2.05, 4.69) is 47.4 Å². The van der Waals surface area contributed by atoms with Crippen molar-refractivity contribution in [3.63, 3.8) is 0 Å². The van der Waals surface area contributed by atoms with Crippen LogP contribution in [0.3, 0.4) is 0 Å². The van der Waals surface area contributed by atoms with E-state index in [0.29, 0.717) is 74.5 Å². The van der Waals surface area contributed by atoms with Gasteiger partial charge in [-0.15, -0.1) is 0 Å². The Morgan fingerprint density at radius 1 is 0.439 bits per heavy atom. The number of carbonyl (C=O) groups excluding carboxylic acids is 5. The first-order valence-corrected chi connectivity index (χ1v) is 39.1. The van der Waals surface area contributed by atoms with Crippen molar-refractivity contribution in [1.82, 2.24) is 0 Å². The third-order valence-corrected chi connectivity index (χ3v) is 29.3. The molecule has 18 heteroatoms. The van der Waals surface area contributed by atoms with E-state index in [1.165, 1.54) is 0 Å². The predicted molar refractivity (Wildman–Crippen MR) is 399 cm³/mol. The summed E-state index contributed by atoms with van der Waals surface area (Å²) in [5, 5.41) is 1.20. The van der Waals surface area contributed by atoms with Crippen LogP contribution in [0.25, 0.3) is 0 Å². The van der Waals surface area contributed by atoms with Crippen LogP contribution >= 0.6 is 22.3 Å². The van der Waals surface area contributed by atoms with Crippen molar-refractivity contribution in [3.05, 3.63) is 253 Å². The van der Waals surface area contributed by atoms with E-state index in [1.54, 1.807) is 6.92 Å². The Morgan fingerprint density at radius 3 is 0.980 bits per heavy atom. The number of ketones is 4. The average molecular weight is 1380 g/mol. The molecule has 7 aromatic rings. The number of benzene rings is 7. The van der Waals surface area contributed by atoms with E-state index in [1.807, 2.05) is 241 Å². The molecule has 15 nitrogen and oxygen atoms in total. The second-order valence-corrected chi connectivity index (χ2v) is 34.6. The number of nitrogens with zero attached hydrogens (tertiary/aromatic N) is 6.